The summed E-state index contributed by atoms with van der Waals surface area (Å²) in [7, 11) is 0. The molecule has 0 aromatic rings. The van der Waals surface area contributed by atoms with Crippen molar-refractivity contribution in [2.45, 2.75) is 98.9 Å². The summed E-state index contributed by atoms with van der Waals surface area (Å²) in [4.78, 5) is 61.5. The lowest BCUT2D eigenvalue weighted by molar-refractivity contribution is -0.134. The van der Waals surface area contributed by atoms with Crippen LogP contribution in [-0.2, 0) is 24.0 Å². The molecule has 0 aromatic heterocycles. The van der Waals surface area contributed by atoms with Gasteiger partial charge in [0.1, 0.15) is 12.1 Å². The van der Waals surface area contributed by atoms with E-state index >= 15 is 0 Å². The molecule has 5 amide bonds. The molecule has 7 N–H and O–H groups in total. The number of amides is 5. The predicted octanol–water partition coefficient (Wildman–Crippen LogP) is 0.198. The van der Waals surface area contributed by atoms with E-state index in [1.165, 1.54) is 0 Å². The second kappa shape index (κ2) is 16.1. The number of rotatable bonds is 16. The average Bonchev–Trinajstić information content (AvgIpc) is 2.76. The molecule has 0 heterocycles. The van der Waals surface area contributed by atoms with Gasteiger partial charge in [-0.2, -0.15) is 0 Å². The summed E-state index contributed by atoms with van der Waals surface area (Å²) in [6.07, 6.45) is -1.04. The highest BCUT2D eigenvalue weighted by Crippen LogP contribution is 2.17. The Kier molecular flexibility index (Phi) is 14.9. The summed E-state index contributed by atoms with van der Waals surface area (Å²) >= 11 is 0. The van der Waals surface area contributed by atoms with Gasteiger partial charge in [0.2, 0.25) is 29.5 Å². The third kappa shape index (κ3) is 12.3. The van der Waals surface area contributed by atoms with Crippen LogP contribution in [0.3, 0.4) is 0 Å². The first-order valence-electron chi connectivity index (χ1n) is 12.8. The quantitative estimate of drug-likeness (QED) is 0.171. The third-order valence-corrected chi connectivity index (χ3v) is 6.11. The van der Waals surface area contributed by atoms with Gasteiger partial charge in [0.05, 0.1) is 18.6 Å². The number of nitrogens with one attached hydrogen (secondary N) is 4. The molecule has 0 radical (unpaired) electrons. The molecule has 11 nitrogen and oxygen atoms in total. The Bertz CT molecular complexity index is 757. The summed E-state index contributed by atoms with van der Waals surface area (Å²) in [5.41, 5.74) is 5.30. The van der Waals surface area contributed by atoms with Gasteiger partial charge in [-0.05, 0) is 38.5 Å². The molecule has 36 heavy (non-hydrogen) atoms. The van der Waals surface area contributed by atoms with E-state index in [9.17, 15) is 29.1 Å². The molecule has 0 aliphatic rings. The third-order valence-electron chi connectivity index (χ3n) is 6.11. The maximum Gasteiger partial charge on any atom is 0.243 e. The summed E-state index contributed by atoms with van der Waals surface area (Å²) < 4.78 is 0. The minimum absolute atomic E-state index is 0.0289. The summed E-state index contributed by atoms with van der Waals surface area (Å²) in [6.45, 7) is 14.7. The molecular formula is C25H47N5O6. The van der Waals surface area contributed by atoms with Crippen molar-refractivity contribution in [3.05, 3.63) is 0 Å². The van der Waals surface area contributed by atoms with Crippen LogP contribution in [-0.4, -0.2) is 65.4 Å². The Hall–Kier alpha value is -2.69. The zero-order valence-electron chi connectivity index (χ0n) is 23.0. The van der Waals surface area contributed by atoms with Crippen LogP contribution in [0.1, 0.15) is 74.7 Å². The highest BCUT2D eigenvalue weighted by atomic mass is 16.3. The number of hydrogen-bond acceptors (Lipinski definition) is 6. The number of likely N-dealkylation sites (N-methyl/N-ethyl adjacent to an activating group) is 1. The highest BCUT2D eigenvalue weighted by Gasteiger charge is 2.31. The van der Waals surface area contributed by atoms with E-state index in [4.69, 9.17) is 5.73 Å². The Morgan fingerprint density at radius 2 is 1.36 bits per heavy atom. The largest absolute Gasteiger partial charge is 0.391 e. The van der Waals surface area contributed by atoms with Gasteiger partial charge in [0.25, 0.3) is 0 Å². The van der Waals surface area contributed by atoms with Crippen molar-refractivity contribution in [3.8, 4) is 0 Å². The van der Waals surface area contributed by atoms with E-state index in [0.29, 0.717) is 13.0 Å². The fraction of sp³-hybridized carbons (Fsp3) is 0.800. The van der Waals surface area contributed by atoms with Gasteiger partial charge < -0.3 is 32.1 Å². The van der Waals surface area contributed by atoms with Crippen LogP contribution in [0.2, 0.25) is 0 Å². The second-order valence-corrected chi connectivity index (χ2v) is 10.3. The van der Waals surface area contributed by atoms with Gasteiger partial charge in [0.15, 0.2) is 0 Å². The van der Waals surface area contributed by atoms with Crippen LogP contribution >= 0.6 is 0 Å². The molecule has 0 unspecified atom stereocenters. The smallest absolute Gasteiger partial charge is 0.243 e. The molecule has 11 heteroatoms. The van der Waals surface area contributed by atoms with Crippen molar-refractivity contribution in [2.24, 2.45) is 29.4 Å². The molecule has 0 saturated carbocycles. The number of carbonyl (C=O) groups is 5. The zero-order chi connectivity index (χ0) is 28.2. The maximum absolute atomic E-state index is 13.0. The standard InChI is InChI=1S/C25H47N5O6/c1-9-27-24(35)17(8)28-22(33)15(6)11-20(31)18(10-13(2)3)29-25(36)19(12-21(26)32)30-23(34)16(7)14(4)5/h13-20,31H,9-12H2,1-8H3,(H2,26,32)(H,27,35)(H,28,33)(H,29,36)(H,30,34)/t15-,16+,17+,18+,19+,20+/m1/s1. The summed E-state index contributed by atoms with van der Waals surface area (Å²) in [6, 6.07) is -2.64. The van der Waals surface area contributed by atoms with Crippen LogP contribution in [0.5, 0.6) is 0 Å². The lowest BCUT2D eigenvalue weighted by atomic mass is 9.92. The van der Waals surface area contributed by atoms with E-state index < -0.39 is 47.9 Å². The van der Waals surface area contributed by atoms with Gasteiger partial charge in [0, 0.05) is 18.4 Å². The minimum Gasteiger partial charge on any atom is -0.391 e. The van der Waals surface area contributed by atoms with Gasteiger partial charge in [-0.25, -0.2) is 0 Å². The van der Waals surface area contributed by atoms with E-state index in [2.05, 4.69) is 21.3 Å². The Morgan fingerprint density at radius 3 is 1.83 bits per heavy atom. The van der Waals surface area contributed by atoms with Crippen molar-refractivity contribution < 1.29 is 29.1 Å². The first-order chi connectivity index (χ1) is 16.6. The zero-order valence-corrected chi connectivity index (χ0v) is 23.0. The van der Waals surface area contributed by atoms with Crippen LogP contribution < -0.4 is 27.0 Å². The monoisotopic (exact) mass is 513 g/mol. The van der Waals surface area contributed by atoms with Crippen molar-refractivity contribution in [1.29, 1.82) is 0 Å². The molecule has 0 aliphatic carbocycles. The maximum atomic E-state index is 13.0. The lowest BCUT2D eigenvalue weighted by Crippen LogP contribution is -2.55. The van der Waals surface area contributed by atoms with Crippen molar-refractivity contribution >= 4 is 29.5 Å². The second-order valence-electron chi connectivity index (χ2n) is 10.3. The molecular weight excluding hydrogens is 466 g/mol. The summed E-state index contributed by atoms with van der Waals surface area (Å²) in [5, 5.41) is 21.5. The predicted molar refractivity (Wildman–Crippen MR) is 137 cm³/mol. The first kappa shape index (κ1) is 33.3. The molecule has 0 aromatic carbocycles. The average molecular weight is 514 g/mol. The fourth-order valence-corrected chi connectivity index (χ4v) is 3.50. The normalized spacial score (nSPS) is 16.3. The number of primary amides is 1. The van der Waals surface area contributed by atoms with Crippen LogP contribution in [0.15, 0.2) is 0 Å². The van der Waals surface area contributed by atoms with E-state index in [-0.39, 0.29) is 42.4 Å². The van der Waals surface area contributed by atoms with Gasteiger partial charge in [-0.3, -0.25) is 24.0 Å². The number of carbonyl (C=O) groups excluding carboxylic acids is 5. The highest BCUT2D eigenvalue weighted by molar-refractivity contribution is 5.92. The van der Waals surface area contributed by atoms with E-state index in [1.54, 1.807) is 27.7 Å². The number of nitrogens with two attached hydrogens (primary N) is 1. The lowest BCUT2D eigenvalue weighted by Gasteiger charge is -2.30. The topological polar surface area (TPSA) is 180 Å². The number of aliphatic hydroxyl groups excluding tert-OH is 1. The van der Waals surface area contributed by atoms with Gasteiger partial charge in [-0.1, -0.05) is 41.5 Å². The SMILES string of the molecule is CCNC(=O)[C@H](C)NC(=O)[C@H](C)C[C@H](O)[C@H](CC(C)C)NC(=O)[C@H](CC(N)=O)NC(=O)[C@@H](C)C(C)C. The first-order valence-corrected chi connectivity index (χ1v) is 12.8. The van der Waals surface area contributed by atoms with E-state index in [0.717, 1.165) is 0 Å². The minimum atomic E-state index is -1.18. The van der Waals surface area contributed by atoms with Crippen molar-refractivity contribution in [2.75, 3.05) is 6.54 Å². The number of aliphatic hydroxyl groups is 1. The molecule has 0 spiro atoms. The van der Waals surface area contributed by atoms with Gasteiger partial charge >= 0.3 is 0 Å². The molecule has 6 atom stereocenters. The molecule has 0 bridgehead atoms. The van der Waals surface area contributed by atoms with Crippen molar-refractivity contribution in [1.82, 2.24) is 21.3 Å². The molecule has 0 fully saturated rings. The van der Waals surface area contributed by atoms with E-state index in [1.807, 2.05) is 27.7 Å². The van der Waals surface area contributed by atoms with Crippen LogP contribution in [0.4, 0.5) is 0 Å². The Labute approximate surface area is 215 Å². The molecule has 0 aliphatic heterocycles. The molecule has 208 valence electrons. The summed E-state index contributed by atoms with van der Waals surface area (Å²) in [5.74, 6) is -3.37. The molecule has 0 saturated heterocycles. The molecule has 0 rings (SSSR count). The Morgan fingerprint density at radius 1 is 0.778 bits per heavy atom. The van der Waals surface area contributed by atoms with Crippen LogP contribution in [0.25, 0.3) is 0 Å². The van der Waals surface area contributed by atoms with Gasteiger partial charge in [-0.15, -0.1) is 0 Å². The Balaban J connectivity index is 5.41. The van der Waals surface area contributed by atoms with Crippen molar-refractivity contribution in [3.63, 3.8) is 0 Å². The van der Waals surface area contributed by atoms with Crippen LogP contribution in [0, 0.1) is 23.7 Å². The number of hydrogen-bond donors (Lipinski definition) is 6. The fourth-order valence-electron chi connectivity index (χ4n) is 3.50.